The number of carbonyl (C=O) groups is 1. The molecule has 0 fully saturated rings. The van der Waals surface area contributed by atoms with Gasteiger partial charge >= 0.3 is 0 Å². The number of nitrogens with zero attached hydrogens (tertiary/aromatic N) is 2. The minimum atomic E-state index is -0.258. The molecule has 0 saturated heterocycles. The van der Waals surface area contributed by atoms with Crippen molar-refractivity contribution in [1.82, 2.24) is 9.97 Å². The molecule has 3 heterocycles. The van der Waals surface area contributed by atoms with Crippen LogP contribution in [0.5, 0.6) is 17.2 Å². The van der Waals surface area contributed by atoms with Gasteiger partial charge in [0.05, 0.1) is 30.1 Å². The first-order valence-corrected chi connectivity index (χ1v) is 12.6. The summed E-state index contributed by atoms with van der Waals surface area (Å²) in [7, 11) is 1.62. The lowest BCUT2D eigenvalue weighted by Gasteiger charge is -2.10. The highest BCUT2D eigenvalue weighted by atomic mass is 16.5. The van der Waals surface area contributed by atoms with Crippen LogP contribution in [0, 0.1) is 12.8 Å². The molecule has 0 atom stereocenters. The van der Waals surface area contributed by atoms with Crippen molar-refractivity contribution in [1.29, 1.82) is 0 Å². The van der Waals surface area contributed by atoms with Gasteiger partial charge in [0.25, 0.3) is 5.91 Å². The smallest absolute Gasteiger partial charge is 0.259 e. The first-order chi connectivity index (χ1) is 18.4. The summed E-state index contributed by atoms with van der Waals surface area (Å²) in [4.78, 5) is 22.0. The summed E-state index contributed by atoms with van der Waals surface area (Å²) in [5, 5.41) is 7.79. The molecule has 3 aromatic heterocycles. The van der Waals surface area contributed by atoms with Crippen LogP contribution in [0.2, 0.25) is 0 Å². The van der Waals surface area contributed by atoms with E-state index in [-0.39, 0.29) is 5.91 Å². The molecule has 0 unspecified atom stereocenters. The Hall–Kier alpha value is -4.59. The second-order valence-electron chi connectivity index (χ2n) is 9.48. The van der Waals surface area contributed by atoms with E-state index < -0.39 is 0 Å². The largest absolute Gasteiger partial charge is 0.497 e. The van der Waals surface area contributed by atoms with Crippen LogP contribution in [0.4, 0.5) is 11.5 Å². The fourth-order valence-electron chi connectivity index (χ4n) is 4.24. The topological polar surface area (TPSA) is 98.5 Å². The molecular formula is C30H30N4O4. The second-order valence-corrected chi connectivity index (χ2v) is 9.48. The van der Waals surface area contributed by atoms with E-state index in [1.54, 1.807) is 32.5 Å². The number of fused-ring (bicyclic) bond motifs is 2. The number of furan rings is 1. The molecule has 0 aliphatic heterocycles. The van der Waals surface area contributed by atoms with Gasteiger partial charge in [-0.15, -0.1) is 0 Å². The Labute approximate surface area is 221 Å². The molecule has 8 nitrogen and oxygen atoms in total. The minimum absolute atomic E-state index is 0.258. The first-order valence-electron chi connectivity index (χ1n) is 12.6. The third kappa shape index (κ3) is 5.39. The summed E-state index contributed by atoms with van der Waals surface area (Å²) in [6, 6.07) is 16.6. The van der Waals surface area contributed by atoms with Crippen molar-refractivity contribution in [2.24, 2.45) is 5.92 Å². The number of amides is 1. The lowest BCUT2D eigenvalue weighted by atomic mass is 10.1. The lowest BCUT2D eigenvalue weighted by Crippen LogP contribution is -2.13. The normalized spacial score (nSPS) is 11.2. The molecule has 2 N–H and O–H groups in total. The highest BCUT2D eigenvalue weighted by Gasteiger charge is 2.19. The van der Waals surface area contributed by atoms with Crippen LogP contribution in [0.25, 0.3) is 21.9 Å². The summed E-state index contributed by atoms with van der Waals surface area (Å²) in [6.07, 6.45) is 4.40. The number of benzene rings is 2. The molecule has 0 aliphatic carbocycles. The Balaban J connectivity index is 1.33. The summed E-state index contributed by atoms with van der Waals surface area (Å²) in [6.45, 7) is 7.00. The van der Waals surface area contributed by atoms with Crippen molar-refractivity contribution in [3.05, 3.63) is 78.3 Å². The molecule has 5 aromatic rings. The quantitative estimate of drug-likeness (QED) is 0.216. The van der Waals surface area contributed by atoms with Crippen LogP contribution in [-0.2, 0) is 0 Å². The molecule has 0 saturated carbocycles. The maximum atomic E-state index is 13.2. The van der Waals surface area contributed by atoms with Crippen molar-refractivity contribution in [2.75, 3.05) is 24.3 Å². The maximum absolute atomic E-state index is 13.2. The summed E-state index contributed by atoms with van der Waals surface area (Å²) >= 11 is 0. The Morgan fingerprint density at radius 3 is 2.58 bits per heavy atom. The van der Waals surface area contributed by atoms with Gasteiger partial charge in [0.1, 0.15) is 34.4 Å². The highest BCUT2D eigenvalue weighted by molar-refractivity contribution is 6.13. The number of hydrogen-bond acceptors (Lipinski definition) is 7. The fraction of sp³-hybridized carbons (Fsp3) is 0.233. The van der Waals surface area contributed by atoms with Gasteiger partial charge in [0.15, 0.2) is 0 Å². The Morgan fingerprint density at radius 1 is 1.00 bits per heavy atom. The molecule has 0 spiro atoms. The molecule has 0 bridgehead atoms. The minimum Gasteiger partial charge on any atom is -0.497 e. The van der Waals surface area contributed by atoms with Crippen LogP contribution in [0.1, 0.15) is 36.4 Å². The number of carbonyl (C=O) groups excluding carboxylic acids is 1. The number of methoxy groups -OCH3 is 1. The van der Waals surface area contributed by atoms with Gasteiger partial charge in [0.2, 0.25) is 0 Å². The molecule has 5 rings (SSSR count). The van der Waals surface area contributed by atoms with Gasteiger partial charge in [-0.3, -0.25) is 9.78 Å². The van der Waals surface area contributed by atoms with Crippen molar-refractivity contribution >= 4 is 39.3 Å². The van der Waals surface area contributed by atoms with Gasteiger partial charge < -0.3 is 24.5 Å². The van der Waals surface area contributed by atoms with E-state index in [9.17, 15) is 4.79 Å². The SMILES string of the molecule is COc1ccc2c(Oc3ccc4c(C(=O)Nc5ccc(NCCC(C)C)nc5)c(C)oc4c3)ccnc2c1. The molecule has 1 amide bonds. The van der Waals surface area contributed by atoms with E-state index in [1.807, 2.05) is 48.5 Å². The van der Waals surface area contributed by atoms with Crippen LogP contribution in [0.3, 0.4) is 0 Å². The molecule has 2 aromatic carbocycles. The molecule has 194 valence electrons. The standard InChI is InChI=1S/C30H30N4O4/c1-18(2)11-13-32-28-10-5-20(17-33-28)34-30(35)29-19(3)37-27-16-22(7-9-24(27)29)38-26-12-14-31-25-15-21(36-4)6-8-23(25)26/h5-10,12,14-18H,11,13H2,1-4H3,(H,32,33)(H,34,35). The Bertz CT molecular complexity index is 1590. The van der Waals surface area contributed by atoms with Crippen LogP contribution in [-0.4, -0.2) is 29.5 Å². The average molecular weight is 511 g/mol. The predicted octanol–water partition coefficient (Wildman–Crippen LogP) is 7.20. The summed E-state index contributed by atoms with van der Waals surface area (Å²) in [5.74, 6) is 3.64. The average Bonchev–Trinajstić information content (AvgIpc) is 3.24. The number of pyridine rings is 2. The van der Waals surface area contributed by atoms with E-state index in [0.717, 1.165) is 35.4 Å². The lowest BCUT2D eigenvalue weighted by molar-refractivity contribution is 0.102. The molecule has 0 radical (unpaired) electrons. The van der Waals surface area contributed by atoms with E-state index >= 15 is 0 Å². The zero-order chi connectivity index (χ0) is 26.6. The predicted molar refractivity (Wildman–Crippen MR) is 149 cm³/mol. The zero-order valence-electron chi connectivity index (χ0n) is 21.9. The van der Waals surface area contributed by atoms with Crippen molar-refractivity contribution in [2.45, 2.75) is 27.2 Å². The monoisotopic (exact) mass is 510 g/mol. The van der Waals surface area contributed by atoms with Gasteiger partial charge in [-0.2, -0.15) is 0 Å². The van der Waals surface area contributed by atoms with Crippen molar-refractivity contribution in [3.8, 4) is 17.2 Å². The number of ether oxygens (including phenoxy) is 2. The van der Waals surface area contributed by atoms with Gasteiger partial charge in [-0.25, -0.2) is 4.98 Å². The second kappa shape index (κ2) is 10.8. The number of aromatic nitrogens is 2. The van der Waals surface area contributed by atoms with E-state index in [1.165, 1.54) is 0 Å². The van der Waals surface area contributed by atoms with Crippen molar-refractivity contribution < 1.29 is 18.7 Å². The third-order valence-electron chi connectivity index (χ3n) is 6.25. The molecular weight excluding hydrogens is 480 g/mol. The van der Waals surface area contributed by atoms with E-state index in [0.29, 0.717) is 45.4 Å². The number of nitrogens with one attached hydrogen (secondary N) is 2. The van der Waals surface area contributed by atoms with Crippen LogP contribution in [0.15, 0.2) is 71.4 Å². The van der Waals surface area contributed by atoms with Gasteiger partial charge in [-0.1, -0.05) is 13.8 Å². The summed E-state index contributed by atoms with van der Waals surface area (Å²) in [5.41, 5.74) is 2.42. The van der Waals surface area contributed by atoms with E-state index in [4.69, 9.17) is 13.9 Å². The highest BCUT2D eigenvalue weighted by Crippen LogP contribution is 2.34. The first kappa shape index (κ1) is 25.1. The number of aryl methyl sites for hydroxylation is 1. The fourth-order valence-corrected chi connectivity index (χ4v) is 4.24. The number of hydrogen-bond donors (Lipinski definition) is 2. The van der Waals surface area contributed by atoms with Crippen LogP contribution >= 0.6 is 0 Å². The van der Waals surface area contributed by atoms with Crippen molar-refractivity contribution in [3.63, 3.8) is 0 Å². The Morgan fingerprint density at radius 2 is 1.82 bits per heavy atom. The molecule has 0 aliphatic rings. The molecule has 8 heteroatoms. The van der Waals surface area contributed by atoms with Gasteiger partial charge in [0, 0.05) is 35.6 Å². The van der Waals surface area contributed by atoms with Gasteiger partial charge in [-0.05, 0) is 61.7 Å². The number of rotatable bonds is 9. The van der Waals surface area contributed by atoms with E-state index in [2.05, 4.69) is 34.4 Å². The molecule has 38 heavy (non-hydrogen) atoms. The third-order valence-corrected chi connectivity index (χ3v) is 6.25. The summed E-state index contributed by atoms with van der Waals surface area (Å²) < 4.78 is 17.4. The number of anilines is 2. The Kier molecular flexibility index (Phi) is 7.13. The van der Waals surface area contributed by atoms with Crippen LogP contribution < -0.4 is 20.1 Å². The zero-order valence-corrected chi connectivity index (χ0v) is 21.9. The maximum Gasteiger partial charge on any atom is 0.259 e.